The van der Waals surface area contributed by atoms with Gasteiger partial charge in [0.15, 0.2) is 0 Å². The zero-order valence-corrected chi connectivity index (χ0v) is 15.7. The zero-order valence-electron chi connectivity index (χ0n) is 15.7. The van der Waals surface area contributed by atoms with Crippen molar-refractivity contribution in [2.24, 2.45) is 0 Å². The number of carbonyl (C=O) groups is 2. The Bertz CT molecular complexity index is 772. The molecular weight excluding hydrogens is 362 g/mol. The van der Waals surface area contributed by atoms with Crippen LogP contribution in [-0.4, -0.2) is 42.3 Å². The van der Waals surface area contributed by atoms with E-state index in [2.05, 4.69) is 0 Å². The number of hydrogen-bond donors (Lipinski definition) is 1. The molecule has 1 N–H and O–H groups in total. The van der Waals surface area contributed by atoms with E-state index in [1.54, 1.807) is 57.4 Å². The standard InChI is InChI=1S/C20H23NO6.CH4/c1-13(15-5-7-16(22)8-6-15)21(14(2)19(23)26-4)20(24)27-18-11-9-17(25-3)10-12-18;/h5-14,22H,1-4H3;1H4/t13-,14+;/m1./s1. The maximum absolute atomic E-state index is 12.8. The van der Waals surface area contributed by atoms with Crippen LogP contribution in [0.1, 0.15) is 32.9 Å². The Kier molecular flexibility index (Phi) is 8.31. The molecule has 0 bridgehead atoms. The lowest BCUT2D eigenvalue weighted by Gasteiger charge is -2.32. The average molecular weight is 389 g/mol. The van der Waals surface area contributed by atoms with Crippen LogP contribution in [0.3, 0.4) is 0 Å². The molecule has 1 amide bonds. The van der Waals surface area contributed by atoms with Crippen molar-refractivity contribution in [2.45, 2.75) is 33.4 Å². The monoisotopic (exact) mass is 389 g/mol. The lowest BCUT2D eigenvalue weighted by molar-refractivity contribution is -0.146. The van der Waals surface area contributed by atoms with Crippen LogP contribution in [0.4, 0.5) is 4.79 Å². The number of carbonyl (C=O) groups excluding carboxylic acids is 2. The molecule has 2 aromatic carbocycles. The Morgan fingerprint density at radius 3 is 1.96 bits per heavy atom. The van der Waals surface area contributed by atoms with E-state index >= 15 is 0 Å². The average Bonchev–Trinajstić information content (AvgIpc) is 2.68. The van der Waals surface area contributed by atoms with Crippen LogP contribution in [0.15, 0.2) is 48.5 Å². The first-order valence-corrected chi connectivity index (χ1v) is 8.38. The summed E-state index contributed by atoms with van der Waals surface area (Å²) in [5.74, 6) is 0.499. The molecule has 0 unspecified atom stereocenters. The highest BCUT2D eigenvalue weighted by atomic mass is 16.6. The SMILES string of the molecule is C.COC(=O)[C@H](C)N(C(=O)Oc1ccc(OC)cc1)[C@H](C)c1ccc(O)cc1. The molecule has 0 spiro atoms. The largest absolute Gasteiger partial charge is 0.508 e. The highest BCUT2D eigenvalue weighted by Crippen LogP contribution is 2.27. The minimum absolute atomic E-state index is 0. The maximum Gasteiger partial charge on any atom is 0.416 e. The number of methoxy groups -OCH3 is 2. The molecule has 2 aromatic rings. The van der Waals surface area contributed by atoms with Gasteiger partial charge in [-0.05, 0) is 55.8 Å². The van der Waals surface area contributed by atoms with Gasteiger partial charge in [-0.15, -0.1) is 0 Å². The number of benzene rings is 2. The predicted octanol–water partition coefficient (Wildman–Crippen LogP) is 4.16. The molecule has 2 rings (SSSR count). The van der Waals surface area contributed by atoms with Crippen molar-refractivity contribution in [2.75, 3.05) is 14.2 Å². The van der Waals surface area contributed by atoms with E-state index in [0.717, 1.165) is 5.56 Å². The molecule has 0 radical (unpaired) electrons. The minimum atomic E-state index is -0.871. The second kappa shape index (κ2) is 10.2. The first-order valence-electron chi connectivity index (χ1n) is 8.38. The molecule has 0 aliphatic heterocycles. The van der Waals surface area contributed by atoms with Crippen molar-refractivity contribution < 1.29 is 28.9 Å². The van der Waals surface area contributed by atoms with Crippen molar-refractivity contribution in [3.63, 3.8) is 0 Å². The third-order valence-corrected chi connectivity index (χ3v) is 4.23. The number of rotatable bonds is 6. The van der Waals surface area contributed by atoms with Gasteiger partial charge >= 0.3 is 12.1 Å². The molecular formula is C21H27NO6. The van der Waals surface area contributed by atoms with Crippen LogP contribution in [-0.2, 0) is 9.53 Å². The highest BCUT2D eigenvalue weighted by Gasteiger charge is 2.33. The third-order valence-electron chi connectivity index (χ3n) is 4.23. The second-order valence-corrected chi connectivity index (χ2v) is 5.92. The van der Waals surface area contributed by atoms with Crippen molar-refractivity contribution in [3.8, 4) is 17.2 Å². The normalized spacial score (nSPS) is 12.1. The summed E-state index contributed by atoms with van der Waals surface area (Å²) in [4.78, 5) is 26.2. The minimum Gasteiger partial charge on any atom is -0.508 e. The molecule has 0 heterocycles. The van der Waals surface area contributed by atoms with Crippen LogP contribution in [0.5, 0.6) is 17.2 Å². The number of esters is 1. The molecule has 0 saturated heterocycles. The van der Waals surface area contributed by atoms with Gasteiger partial charge in [0.25, 0.3) is 0 Å². The van der Waals surface area contributed by atoms with E-state index in [4.69, 9.17) is 14.2 Å². The molecule has 0 saturated carbocycles. The van der Waals surface area contributed by atoms with Gasteiger partial charge in [0, 0.05) is 0 Å². The third kappa shape index (κ3) is 5.39. The van der Waals surface area contributed by atoms with Crippen LogP contribution in [0.25, 0.3) is 0 Å². The second-order valence-electron chi connectivity index (χ2n) is 5.92. The maximum atomic E-state index is 12.8. The van der Waals surface area contributed by atoms with Gasteiger partial charge in [0.2, 0.25) is 0 Å². The Labute approximate surface area is 165 Å². The van der Waals surface area contributed by atoms with Crippen molar-refractivity contribution in [1.82, 2.24) is 4.90 Å². The smallest absolute Gasteiger partial charge is 0.416 e. The first-order chi connectivity index (χ1) is 12.9. The van der Waals surface area contributed by atoms with Gasteiger partial charge in [0.05, 0.1) is 20.3 Å². The van der Waals surface area contributed by atoms with E-state index in [0.29, 0.717) is 11.5 Å². The van der Waals surface area contributed by atoms with E-state index < -0.39 is 24.1 Å². The first kappa shape index (κ1) is 22.8. The van der Waals surface area contributed by atoms with Crippen molar-refractivity contribution in [3.05, 3.63) is 54.1 Å². The fraction of sp³-hybridized carbons (Fsp3) is 0.333. The quantitative estimate of drug-likeness (QED) is 0.747. The molecule has 0 aliphatic rings. The molecule has 0 fully saturated rings. The molecule has 2 atom stereocenters. The fourth-order valence-corrected chi connectivity index (χ4v) is 2.65. The fourth-order valence-electron chi connectivity index (χ4n) is 2.65. The van der Waals surface area contributed by atoms with Gasteiger partial charge in [-0.1, -0.05) is 19.6 Å². The Morgan fingerprint density at radius 1 is 0.929 bits per heavy atom. The van der Waals surface area contributed by atoms with Crippen molar-refractivity contribution in [1.29, 1.82) is 0 Å². The van der Waals surface area contributed by atoms with Crippen LogP contribution >= 0.6 is 0 Å². The number of amides is 1. The summed E-state index contributed by atoms with van der Waals surface area (Å²) in [6, 6.07) is 11.6. The van der Waals surface area contributed by atoms with Crippen LogP contribution < -0.4 is 9.47 Å². The lowest BCUT2D eigenvalue weighted by atomic mass is 10.1. The van der Waals surface area contributed by atoms with Crippen LogP contribution in [0.2, 0.25) is 0 Å². The molecule has 7 heteroatoms. The number of hydrogen-bond acceptors (Lipinski definition) is 6. The molecule has 0 aliphatic carbocycles. The van der Waals surface area contributed by atoms with E-state index in [9.17, 15) is 14.7 Å². The van der Waals surface area contributed by atoms with E-state index in [1.807, 2.05) is 0 Å². The Morgan fingerprint density at radius 2 is 1.46 bits per heavy atom. The summed E-state index contributed by atoms with van der Waals surface area (Å²) in [7, 11) is 2.80. The van der Waals surface area contributed by atoms with Crippen molar-refractivity contribution >= 4 is 12.1 Å². The number of ether oxygens (including phenoxy) is 3. The summed E-state index contributed by atoms with van der Waals surface area (Å²) >= 11 is 0. The molecule has 28 heavy (non-hydrogen) atoms. The summed E-state index contributed by atoms with van der Waals surface area (Å²) in [6.45, 7) is 3.33. The molecule has 0 aromatic heterocycles. The lowest BCUT2D eigenvalue weighted by Crippen LogP contribution is -2.46. The summed E-state index contributed by atoms with van der Waals surface area (Å²) in [5.41, 5.74) is 0.732. The molecule has 152 valence electrons. The Hall–Kier alpha value is -3.22. The predicted molar refractivity (Wildman–Crippen MR) is 106 cm³/mol. The van der Waals surface area contributed by atoms with Gasteiger partial charge in [0.1, 0.15) is 23.3 Å². The summed E-state index contributed by atoms with van der Waals surface area (Å²) in [6.07, 6.45) is -0.696. The number of phenols is 1. The van der Waals surface area contributed by atoms with Gasteiger partial charge < -0.3 is 19.3 Å². The topological polar surface area (TPSA) is 85.3 Å². The van der Waals surface area contributed by atoms with Gasteiger partial charge in [-0.2, -0.15) is 0 Å². The number of aromatic hydroxyl groups is 1. The molecule has 7 nitrogen and oxygen atoms in total. The summed E-state index contributed by atoms with van der Waals surface area (Å²) < 4.78 is 15.3. The van der Waals surface area contributed by atoms with Gasteiger partial charge in [-0.25, -0.2) is 9.59 Å². The Balaban J connectivity index is 0.00000392. The number of phenolic OH excluding ortho intramolecular Hbond substituents is 1. The van der Waals surface area contributed by atoms with Gasteiger partial charge in [-0.3, -0.25) is 4.90 Å². The van der Waals surface area contributed by atoms with Crippen LogP contribution in [0, 0.1) is 0 Å². The zero-order chi connectivity index (χ0) is 20.0. The van der Waals surface area contributed by atoms with E-state index in [1.165, 1.54) is 24.1 Å². The summed E-state index contributed by atoms with van der Waals surface area (Å²) in [5, 5.41) is 9.47. The van der Waals surface area contributed by atoms with E-state index in [-0.39, 0.29) is 13.2 Å². The highest BCUT2D eigenvalue weighted by molar-refractivity contribution is 5.82. The number of nitrogens with zero attached hydrogens (tertiary/aromatic N) is 1.